The predicted molar refractivity (Wildman–Crippen MR) is 101 cm³/mol. The van der Waals surface area contributed by atoms with Crippen LogP contribution in [0, 0.1) is 18.3 Å². The Morgan fingerprint density at radius 1 is 1.08 bits per heavy atom. The molecule has 5 heteroatoms. The van der Waals surface area contributed by atoms with Crippen molar-refractivity contribution in [2.24, 2.45) is 0 Å². The highest BCUT2D eigenvalue weighted by molar-refractivity contribution is 6.30. The van der Waals surface area contributed by atoms with Crippen LogP contribution in [0.15, 0.2) is 48.5 Å². The molecule has 2 aromatic carbocycles. The molecule has 1 heterocycles. The lowest BCUT2D eigenvalue weighted by Crippen LogP contribution is -2.03. The minimum Gasteiger partial charge on any atom is -0.497 e. The number of hydrogen-bond acceptors (Lipinski definition) is 4. The smallest absolute Gasteiger partial charge is 0.142 e. The van der Waals surface area contributed by atoms with E-state index in [0.29, 0.717) is 10.6 Å². The first kappa shape index (κ1) is 16.8. The van der Waals surface area contributed by atoms with E-state index in [1.807, 2.05) is 49.4 Å². The first-order valence-corrected chi connectivity index (χ1v) is 8.03. The minimum atomic E-state index is 0.215. The minimum absolute atomic E-state index is 0.215. The van der Waals surface area contributed by atoms with Gasteiger partial charge in [0, 0.05) is 21.8 Å². The highest BCUT2D eigenvalue weighted by Crippen LogP contribution is 2.39. The van der Waals surface area contributed by atoms with Crippen LogP contribution < -0.4 is 10.5 Å². The number of halogens is 1. The van der Waals surface area contributed by atoms with Crippen molar-refractivity contribution in [3.8, 4) is 34.1 Å². The molecule has 0 atom stereocenters. The molecule has 0 aliphatic carbocycles. The van der Waals surface area contributed by atoms with Crippen molar-refractivity contribution in [1.82, 2.24) is 4.98 Å². The average molecular weight is 350 g/mol. The van der Waals surface area contributed by atoms with Gasteiger partial charge >= 0.3 is 0 Å². The molecule has 0 unspecified atom stereocenters. The van der Waals surface area contributed by atoms with E-state index in [1.54, 1.807) is 13.2 Å². The SMILES string of the molecule is COc1ccc(-c2c(C)nc(N)c(C#N)c2-c2cccc(Cl)c2)cc1. The fourth-order valence-electron chi connectivity index (χ4n) is 2.88. The molecule has 0 aliphatic rings. The van der Waals surface area contributed by atoms with Gasteiger partial charge in [0.1, 0.15) is 23.2 Å². The largest absolute Gasteiger partial charge is 0.497 e. The number of nitrogens with zero attached hydrogens (tertiary/aromatic N) is 2. The molecule has 1 aromatic heterocycles. The Morgan fingerprint density at radius 3 is 2.40 bits per heavy atom. The molecule has 0 fully saturated rings. The van der Waals surface area contributed by atoms with Crippen molar-refractivity contribution < 1.29 is 4.74 Å². The Hall–Kier alpha value is -3.03. The van der Waals surface area contributed by atoms with E-state index >= 15 is 0 Å². The zero-order valence-corrected chi connectivity index (χ0v) is 14.6. The fraction of sp³-hybridized carbons (Fsp3) is 0.100. The molecule has 0 saturated carbocycles. The predicted octanol–water partition coefficient (Wildman–Crippen LogP) is 4.84. The molecule has 3 aromatic rings. The number of rotatable bonds is 3. The van der Waals surface area contributed by atoms with Gasteiger partial charge in [-0.25, -0.2) is 4.98 Å². The van der Waals surface area contributed by atoms with Crippen molar-refractivity contribution in [2.75, 3.05) is 12.8 Å². The van der Waals surface area contributed by atoms with Gasteiger partial charge < -0.3 is 10.5 Å². The van der Waals surface area contributed by atoms with E-state index in [4.69, 9.17) is 22.1 Å². The Bertz CT molecular complexity index is 975. The van der Waals surface area contributed by atoms with E-state index in [1.165, 1.54) is 0 Å². The van der Waals surface area contributed by atoms with E-state index in [0.717, 1.165) is 33.7 Å². The molecular formula is C20H16ClN3O. The number of benzene rings is 2. The number of nitriles is 1. The van der Waals surface area contributed by atoms with Gasteiger partial charge in [0.2, 0.25) is 0 Å². The summed E-state index contributed by atoms with van der Waals surface area (Å²) in [7, 11) is 1.62. The van der Waals surface area contributed by atoms with Gasteiger partial charge in [-0.05, 0) is 42.3 Å². The Morgan fingerprint density at radius 2 is 1.80 bits per heavy atom. The van der Waals surface area contributed by atoms with Gasteiger partial charge in [-0.2, -0.15) is 5.26 Å². The van der Waals surface area contributed by atoms with Gasteiger partial charge in [0.15, 0.2) is 0 Å². The zero-order valence-electron chi connectivity index (χ0n) is 13.9. The summed E-state index contributed by atoms with van der Waals surface area (Å²) in [4.78, 5) is 4.36. The zero-order chi connectivity index (χ0) is 18.0. The van der Waals surface area contributed by atoms with Crippen LogP contribution in [0.25, 0.3) is 22.3 Å². The monoisotopic (exact) mass is 349 g/mol. The van der Waals surface area contributed by atoms with Crippen molar-refractivity contribution in [2.45, 2.75) is 6.92 Å². The molecule has 0 radical (unpaired) electrons. The van der Waals surface area contributed by atoms with Crippen molar-refractivity contribution in [3.63, 3.8) is 0 Å². The van der Waals surface area contributed by atoms with Gasteiger partial charge in [-0.3, -0.25) is 0 Å². The van der Waals surface area contributed by atoms with Crippen LogP contribution in [-0.2, 0) is 0 Å². The number of methoxy groups -OCH3 is 1. The Kier molecular flexibility index (Phi) is 4.60. The fourth-order valence-corrected chi connectivity index (χ4v) is 3.07. The van der Waals surface area contributed by atoms with Crippen LogP contribution in [0.2, 0.25) is 5.02 Å². The number of aryl methyl sites for hydroxylation is 1. The Balaban J connectivity index is 2.36. The molecular weight excluding hydrogens is 334 g/mol. The van der Waals surface area contributed by atoms with Crippen LogP contribution in [0.3, 0.4) is 0 Å². The molecule has 0 spiro atoms. The highest BCUT2D eigenvalue weighted by atomic mass is 35.5. The molecule has 2 N–H and O–H groups in total. The van der Waals surface area contributed by atoms with Crippen LogP contribution in [0.1, 0.15) is 11.3 Å². The summed E-state index contributed by atoms with van der Waals surface area (Å²) in [5, 5.41) is 10.2. The standard InChI is InChI=1S/C20H16ClN3O/c1-12-18(13-6-8-16(25-2)9-7-13)19(17(11-22)20(23)24-12)14-4-3-5-15(21)10-14/h3-10H,1-2H3,(H2,23,24). The third-order valence-electron chi connectivity index (χ3n) is 4.01. The third kappa shape index (κ3) is 3.15. The summed E-state index contributed by atoms with van der Waals surface area (Å²) in [6, 6.07) is 17.2. The van der Waals surface area contributed by atoms with E-state index in [9.17, 15) is 5.26 Å². The summed E-state index contributed by atoms with van der Waals surface area (Å²) >= 11 is 6.16. The maximum Gasteiger partial charge on any atom is 0.142 e. The average Bonchev–Trinajstić information content (AvgIpc) is 2.61. The quantitative estimate of drug-likeness (QED) is 0.734. The molecule has 0 saturated heterocycles. The lowest BCUT2D eigenvalue weighted by molar-refractivity contribution is 0.415. The molecule has 25 heavy (non-hydrogen) atoms. The van der Waals surface area contributed by atoms with Crippen LogP contribution in [-0.4, -0.2) is 12.1 Å². The van der Waals surface area contributed by atoms with Gasteiger partial charge in [0.05, 0.1) is 7.11 Å². The highest BCUT2D eigenvalue weighted by Gasteiger charge is 2.19. The van der Waals surface area contributed by atoms with Gasteiger partial charge in [0.25, 0.3) is 0 Å². The van der Waals surface area contributed by atoms with Crippen molar-refractivity contribution in [1.29, 1.82) is 5.26 Å². The van der Waals surface area contributed by atoms with E-state index in [2.05, 4.69) is 11.1 Å². The molecule has 124 valence electrons. The summed E-state index contributed by atoms with van der Waals surface area (Å²) in [5.74, 6) is 0.974. The number of ether oxygens (including phenoxy) is 1. The third-order valence-corrected chi connectivity index (χ3v) is 4.24. The lowest BCUT2D eigenvalue weighted by atomic mass is 9.90. The Labute approximate surface area is 151 Å². The second kappa shape index (κ2) is 6.84. The number of pyridine rings is 1. The van der Waals surface area contributed by atoms with E-state index < -0.39 is 0 Å². The topological polar surface area (TPSA) is 71.9 Å². The van der Waals surface area contributed by atoms with Crippen molar-refractivity contribution in [3.05, 3.63) is 64.8 Å². The lowest BCUT2D eigenvalue weighted by Gasteiger charge is -2.16. The van der Waals surface area contributed by atoms with Crippen molar-refractivity contribution >= 4 is 17.4 Å². The number of aromatic nitrogens is 1. The number of anilines is 1. The van der Waals surface area contributed by atoms with Gasteiger partial charge in [-0.15, -0.1) is 0 Å². The van der Waals surface area contributed by atoms with Crippen LogP contribution in [0.4, 0.5) is 5.82 Å². The first-order valence-electron chi connectivity index (χ1n) is 7.65. The number of hydrogen-bond donors (Lipinski definition) is 1. The number of nitrogen functional groups attached to an aromatic ring is 1. The molecule has 3 rings (SSSR count). The van der Waals surface area contributed by atoms with Crippen LogP contribution >= 0.6 is 11.6 Å². The maximum absolute atomic E-state index is 9.65. The van der Waals surface area contributed by atoms with Gasteiger partial charge in [-0.1, -0.05) is 35.9 Å². The second-order valence-electron chi connectivity index (χ2n) is 5.56. The molecule has 0 bridgehead atoms. The van der Waals surface area contributed by atoms with E-state index in [-0.39, 0.29) is 5.82 Å². The van der Waals surface area contributed by atoms with Crippen LogP contribution in [0.5, 0.6) is 5.75 Å². The molecule has 4 nitrogen and oxygen atoms in total. The summed E-state index contributed by atoms with van der Waals surface area (Å²) in [5.41, 5.74) is 10.5. The number of nitrogens with two attached hydrogens (primary N) is 1. The molecule has 0 amide bonds. The first-order chi connectivity index (χ1) is 12.0. The summed E-state index contributed by atoms with van der Waals surface area (Å²) < 4.78 is 5.22. The summed E-state index contributed by atoms with van der Waals surface area (Å²) in [6.45, 7) is 1.88. The second-order valence-corrected chi connectivity index (χ2v) is 5.99. The molecule has 0 aliphatic heterocycles. The maximum atomic E-state index is 9.65. The summed E-state index contributed by atoms with van der Waals surface area (Å²) in [6.07, 6.45) is 0. The normalized spacial score (nSPS) is 10.3.